The molecule has 0 radical (unpaired) electrons. The number of halogens is 2. The van der Waals surface area contributed by atoms with Crippen molar-refractivity contribution in [2.24, 2.45) is 11.5 Å². The highest BCUT2D eigenvalue weighted by molar-refractivity contribution is 7.89. The first-order valence-corrected chi connectivity index (χ1v) is 14.5. The highest BCUT2D eigenvalue weighted by Gasteiger charge is 2.58. The monoisotopic (exact) mass is 630 g/mol. The molecular formula is C27H40Cl2N6O5S. The lowest BCUT2D eigenvalue weighted by Crippen LogP contribution is -2.67. The molecule has 14 heteroatoms. The van der Waals surface area contributed by atoms with E-state index < -0.39 is 33.4 Å². The number of methoxy groups -OCH3 is 1. The number of benzene rings is 1. The first-order valence-electron chi connectivity index (χ1n) is 13.0. The minimum absolute atomic E-state index is 0. The smallest absolute Gasteiger partial charge is 0.335 e. The molecule has 1 unspecified atom stereocenters. The number of Topliss-reactive ketones (excluding diaryl/α,β-unsaturated/α-hetero) is 1. The van der Waals surface area contributed by atoms with Crippen LogP contribution in [0.15, 0.2) is 46.4 Å². The summed E-state index contributed by atoms with van der Waals surface area (Å²) < 4.78 is 34.4. The van der Waals surface area contributed by atoms with E-state index in [1.807, 2.05) is 19.2 Å². The fourth-order valence-electron chi connectivity index (χ4n) is 5.73. The second kappa shape index (κ2) is 13.7. The minimum atomic E-state index is -4.31. The van der Waals surface area contributed by atoms with Gasteiger partial charge in [-0.3, -0.25) is 10.2 Å². The summed E-state index contributed by atoms with van der Waals surface area (Å²) in [6.45, 7) is 4.00. The van der Waals surface area contributed by atoms with Crippen molar-refractivity contribution in [1.29, 1.82) is 5.41 Å². The molecule has 1 aromatic rings. The van der Waals surface area contributed by atoms with Crippen molar-refractivity contribution in [2.45, 2.75) is 55.6 Å². The van der Waals surface area contributed by atoms with E-state index in [0.29, 0.717) is 31.6 Å². The molecule has 0 saturated heterocycles. The Morgan fingerprint density at radius 3 is 2.51 bits per heavy atom. The van der Waals surface area contributed by atoms with E-state index in [1.165, 1.54) is 0 Å². The summed E-state index contributed by atoms with van der Waals surface area (Å²) in [5.74, 6) is -1.75. The van der Waals surface area contributed by atoms with Crippen LogP contribution in [0.5, 0.6) is 0 Å². The van der Waals surface area contributed by atoms with Crippen molar-refractivity contribution >= 4 is 52.5 Å². The van der Waals surface area contributed by atoms with Gasteiger partial charge >= 0.3 is 5.97 Å². The molecule has 5 N–H and O–H groups in total. The molecule has 41 heavy (non-hydrogen) atoms. The summed E-state index contributed by atoms with van der Waals surface area (Å²) in [4.78, 5) is 31.4. The van der Waals surface area contributed by atoms with Crippen LogP contribution in [0, 0.1) is 5.41 Å². The van der Waals surface area contributed by atoms with Gasteiger partial charge in [0.2, 0.25) is 10.0 Å². The number of rotatable bonds is 7. The van der Waals surface area contributed by atoms with E-state index >= 15 is 0 Å². The van der Waals surface area contributed by atoms with Crippen molar-refractivity contribution in [3.8, 4) is 0 Å². The number of hydrogen-bond donors (Lipinski definition) is 3. The Bertz CT molecular complexity index is 1350. The molecule has 11 nitrogen and oxygen atoms in total. The van der Waals surface area contributed by atoms with Crippen molar-refractivity contribution in [3.05, 3.63) is 52.6 Å². The second-order valence-electron chi connectivity index (χ2n) is 10.7. The van der Waals surface area contributed by atoms with Crippen LogP contribution in [0.2, 0.25) is 0 Å². The van der Waals surface area contributed by atoms with Crippen LogP contribution >= 0.6 is 24.8 Å². The standard InChI is InChI=1S/C27H38N6O5S.2ClH/c1-18-8-12-33(39(36,37)22-7-6-20-9-11-31(2)17-21(20)14-22)27(15-18,25(35)38-3)24(34)23(28)13-19-5-4-10-32(16-19)26(29)30;;/h5-8,14,23H,4,9-13,15-17,28H2,1-3H3,(H3,29,30);2*1H/t23?,27-;;/m1../s1. The molecule has 0 fully saturated rings. The van der Waals surface area contributed by atoms with E-state index in [1.54, 1.807) is 30.0 Å². The van der Waals surface area contributed by atoms with Crippen LogP contribution in [0.1, 0.15) is 37.3 Å². The Kier molecular flexibility index (Phi) is 11.6. The minimum Gasteiger partial charge on any atom is -0.467 e. The first-order chi connectivity index (χ1) is 18.4. The van der Waals surface area contributed by atoms with Gasteiger partial charge in [-0.2, -0.15) is 4.31 Å². The van der Waals surface area contributed by atoms with Gasteiger partial charge in [0.15, 0.2) is 17.3 Å². The van der Waals surface area contributed by atoms with Crippen LogP contribution in [0.25, 0.3) is 0 Å². The van der Waals surface area contributed by atoms with Gasteiger partial charge in [0, 0.05) is 39.1 Å². The molecule has 0 aromatic heterocycles. The van der Waals surface area contributed by atoms with Gasteiger partial charge in [-0.1, -0.05) is 29.4 Å². The topological polar surface area (TPSA) is 163 Å². The number of fused-ring (bicyclic) bond motifs is 1. The van der Waals surface area contributed by atoms with Crippen LogP contribution in [-0.4, -0.2) is 92.2 Å². The van der Waals surface area contributed by atoms with E-state index in [0.717, 1.165) is 41.1 Å². The van der Waals surface area contributed by atoms with E-state index in [4.69, 9.17) is 21.6 Å². The molecule has 3 aliphatic rings. The number of esters is 1. The fraction of sp³-hybridized carbons (Fsp3) is 0.519. The summed E-state index contributed by atoms with van der Waals surface area (Å²) in [5.41, 5.74) is 13.4. The number of nitrogens with one attached hydrogen (secondary N) is 1. The Morgan fingerprint density at radius 1 is 1.15 bits per heavy atom. The third kappa shape index (κ3) is 6.79. The zero-order valence-corrected chi connectivity index (χ0v) is 26.0. The van der Waals surface area contributed by atoms with Crippen LogP contribution in [0.3, 0.4) is 0 Å². The zero-order valence-electron chi connectivity index (χ0n) is 23.6. The van der Waals surface area contributed by atoms with Crippen molar-refractivity contribution < 1.29 is 22.7 Å². The summed E-state index contributed by atoms with van der Waals surface area (Å²) in [5, 5.41) is 7.72. The summed E-state index contributed by atoms with van der Waals surface area (Å²) >= 11 is 0. The van der Waals surface area contributed by atoms with Crippen molar-refractivity contribution in [1.82, 2.24) is 14.1 Å². The number of likely N-dealkylation sites (N-methyl/N-ethyl adjacent to an activating group) is 1. The Balaban J connectivity index is 0.00000294. The fourth-order valence-corrected chi connectivity index (χ4v) is 7.42. The number of guanidine groups is 1. The maximum atomic E-state index is 14.2. The molecule has 3 aliphatic heterocycles. The number of sulfonamides is 1. The van der Waals surface area contributed by atoms with Crippen LogP contribution in [-0.2, 0) is 37.3 Å². The Labute approximate surface area is 254 Å². The molecular weight excluding hydrogens is 591 g/mol. The van der Waals surface area contributed by atoms with Crippen LogP contribution in [0.4, 0.5) is 0 Å². The SMILES string of the molecule is COC(=O)[C@]1(C(=O)C(N)CC2=CCCN(C(=N)N)C2)CC(C)=CCN1S(=O)(=O)c1ccc2c(c1)CN(C)CC2.Cl.Cl. The average molecular weight is 632 g/mol. The molecule has 0 aliphatic carbocycles. The lowest BCUT2D eigenvalue weighted by molar-refractivity contribution is -0.158. The van der Waals surface area contributed by atoms with E-state index in [-0.39, 0.29) is 55.1 Å². The normalized spacial score (nSPS) is 22.2. The van der Waals surface area contributed by atoms with Crippen molar-refractivity contribution in [2.75, 3.05) is 40.3 Å². The molecule has 3 heterocycles. The van der Waals surface area contributed by atoms with Crippen LogP contribution < -0.4 is 11.5 Å². The number of nitrogens with two attached hydrogens (primary N) is 2. The molecule has 0 bridgehead atoms. The number of ether oxygens (including phenoxy) is 1. The van der Waals surface area contributed by atoms with Gasteiger partial charge in [0.25, 0.3) is 0 Å². The molecule has 4 rings (SSSR count). The first kappa shape index (κ1) is 34.7. The van der Waals surface area contributed by atoms with E-state index in [9.17, 15) is 18.0 Å². The molecule has 1 aromatic carbocycles. The largest absolute Gasteiger partial charge is 0.467 e. The third-order valence-corrected chi connectivity index (χ3v) is 9.74. The van der Waals surface area contributed by atoms with Gasteiger partial charge in [0.05, 0.1) is 18.0 Å². The molecule has 228 valence electrons. The molecule has 0 amide bonds. The number of ketones is 1. The lowest BCUT2D eigenvalue weighted by atomic mass is 9.80. The second-order valence-corrected chi connectivity index (χ2v) is 12.5. The number of hydrogen-bond acceptors (Lipinski definition) is 8. The zero-order chi connectivity index (χ0) is 28.5. The molecule has 0 spiro atoms. The van der Waals surface area contributed by atoms with E-state index in [2.05, 4.69) is 4.90 Å². The molecule has 2 atom stereocenters. The van der Waals surface area contributed by atoms with Gasteiger partial charge in [-0.05, 0) is 56.5 Å². The Hall–Kier alpha value is -2.48. The van der Waals surface area contributed by atoms with Crippen molar-refractivity contribution in [3.63, 3.8) is 0 Å². The lowest BCUT2D eigenvalue weighted by Gasteiger charge is -2.43. The molecule has 0 saturated carbocycles. The number of carbonyl (C=O) groups excluding carboxylic acids is 2. The Morgan fingerprint density at radius 2 is 1.85 bits per heavy atom. The summed E-state index contributed by atoms with van der Waals surface area (Å²) in [6.07, 6.45) is 5.04. The van der Waals surface area contributed by atoms with Gasteiger partial charge in [0.1, 0.15) is 0 Å². The third-order valence-electron chi connectivity index (χ3n) is 7.85. The van der Waals surface area contributed by atoms with Gasteiger partial charge in [-0.25, -0.2) is 13.2 Å². The predicted octanol–water partition coefficient (Wildman–Crippen LogP) is 1.58. The highest BCUT2D eigenvalue weighted by Crippen LogP contribution is 2.37. The maximum absolute atomic E-state index is 14.2. The summed E-state index contributed by atoms with van der Waals surface area (Å²) in [6, 6.07) is 3.81. The number of carbonyl (C=O) groups is 2. The highest BCUT2D eigenvalue weighted by atomic mass is 35.5. The van der Waals surface area contributed by atoms with Gasteiger partial charge < -0.3 is 26.0 Å². The van der Waals surface area contributed by atoms with Gasteiger partial charge in [-0.15, -0.1) is 24.8 Å². The predicted molar refractivity (Wildman–Crippen MR) is 162 cm³/mol. The quantitative estimate of drug-likeness (QED) is 0.133. The average Bonchev–Trinajstić information content (AvgIpc) is 2.91. The summed E-state index contributed by atoms with van der Waals surface area (Å²) in [7, 11) is -1.19. The maximum Gasteiger partial charge on any atom is 0.335 e. The number of nitrogens with zero attached hydrogens (tertiary/aromatic N) is 3.